The lowest BCUT2D eigenvalue weighted by molar-refractivity contribution is -0.118. The van der Waals surface area contributed by atoms with Crippen LogP contribution in [-0.2, 0) is 35.1 Å². The quantitative estimate of drug-likeness (QED) is 0.570. The Morgan fingerprint density at radius 1 is 0.968 bits per heavy atom. The van der Waals surface area contributed by atoms with E-state index in [1.807, 2.05) is 24.3 Å². The standard InChI is InChI=1S/C22H23N3O5S/c1-23-18-10-9-16(14-19(18)24(2)22(28)21(23)27)31(29,30)13-11-20(26)25-12-5-7-15-6-3-4-8-17(15)25/h3-4,6,8-10,14H,5,7,11-13H2,1-2H3. The zero-order valence-electron chi connectivity index (χ0n) is 17.4. The summed E-state index contributed by atoms with van der Waals surface area (Å²) in [6.07, 6.45) is 1.60. The number of carbonyl (C=O) groups excluding carboxylic acids is 1. The number of nitrogens with zero attached hydrogens (tertiary/aromatic N) is 3. The maximum atomic E-state index is 12.9. The highest BCUT2D eigenvalue weighted by Crippen LogP contribution is 2.27. The maximum absolute atomic E-state index is 12.9. The van der Waals surface area contributed by atoms with Crippen LogP contribution in [0.25, 0.3) is 11.0 Å². The van der Waals surface area contributed by atoms with Crippen LogP contribution in [0.4, 0.5) is 5.69 Å². The predicted octanol–water partition coefficient (Wildman–Crippen LogP) is 1.38. The molecule has 0 saturated carbocycles. The molecule has 4 rings (SSSR count). The molecular formula is C22H23N3O5S. The van der Waals surface area contributed by atoms with Gasteiger partial charge in [-0.3, -0.25) is 14.4 Å². The van der Waals surface area contributed by atoms with Gasteiger partial charge in [0.2, 0.25) is 5.91 Å². The van der Waals surface area contributed by atoms with Crippen LogP contribution in [0.15, 0.2) is 56.9 Å². The molecule has 9 heteroatoms. The van der Waals surface area contributed by atoms with E-state index < -0.39 is 21.0 Å². The molecule has 0 N–H and O–H groups in total. The summed E-state index contributed by atoms with van der Waals surface area (Å²) in [5.74, 6) is -0.568. The van der Waals surface area contributed by atoms with Crippen LogP contribution < -0.4 is 16.0 Å². The molecule has 0 saturated heterocycles. The summed E-state index contributed by atoms with van der Waals surface area (Å²) >= 11 is 0. The first-order valence-corrected chi connectivity index (χ1v) is 11.7. The normalized spacial score (nSPS) is 13.9. The average molecular weight is 442 g/mol. The molecule has 162 valence electrons. The highest BCUT2D eigenvalue weighted by atomic mass is 32.2. The Bertz CT molecular complexity index is 1420. The minimum absolute atomic E-state index is 0.0143. The molecule has 0 bridgehead atoms. The van der Waals surface area contributed by atoms with Crippen LogP contribution in [0.3, 0.4) is 0 Å². The van der Waals surface area contributed by atoms with Gasteiger partial charge in [0, 0.05) is 32.7 Å². The summed E-state index contributed by atoms with van der Waals surface area (Å²) < 4.78 is 28.2. The van der Waals surface area contributed by atoms with Crippen molar-refractivity contribution in [1.82, 2.24) is 9.13 Å². The van der Waals surface area contributed by atoms with E-state index in [4.69, 9.17) is 0 Å². The molecule has 1 aliphatic heterocycles. The van der Waals surface area contributed by atoms with E-state index >= 15 is 0 Å². The number of aryl methyl sites for hydroxylation is 3. The largest absolute Gasteiger partial charge is 0.316 e. The third-order valence-electron chi connectivity index (χ3n) is 5.82. The van der Waals surface area contributed by atoms with Crippen LogP contribution in [0.2, 0.25) is 0 Å². The zero-order chi connectivity index (χ0) is 22.3. The molecule has 0 fully saturated rings. The molecule has 1 aromatic heterocycles. The van der Waals surface area contributed by atoms with Crippen molar-refractivity contribution in [3.8, 4) is 0 Å². The van der Waals surface area contributed by atoms with E-state index in [0.29, 0.717) is 17.6 Å². The predicted molar refractivity (Wildman–Crippen MR) is 118 cm³/mol. The van der Waals surface area contributed by atoms with Gasteiger partial charge in [-0.05, 0) is 42.7 Å². The summed E-state index contributed by atoms with van der Waals surface area (Å²) in [5.41, 5.74) is 1.31. The van der Waals surface area contributed by atoms with Gasteiger partial charge in [0.1, 0.15) is 0 Å². The summed E-state index contributed by atoms with van der Waals surface area (Å²) in [4.78, 5) is 38.5. The van der Waals surface area contributed by atoms with Gasteiger partial charge in [-0.25, -0.2) is 8.42 Å². The summed E-state index contributed by atoms with van der Waals surface area (Å²) in [5, 5.41) is 0. The first-order valence-electron chi connectivity index (χ1n) is 10.0. The van der Waals surface area contributed by atoms with E-state index in [2.05, 4.69) is 0 Å². The van der Waals surface area contributed by atoms with Crippen LogP contribution in [0, 0.1) is 0 Å². The number of amides is 1. The fourth-order valence-corrected chi connectivity index (χ4v) is 5.27. The zero-order valence-corrected chi connectivity index (χ0v) is 18.2. The summed E-state index contributed by atoms with van der Waals surface area (Å²) in [6, 6.07) is 12.0. The van der Waals surface area contributed by atoms with Crippen LogP contribution >= 0.6 is 0 Å². The SMILES string of the molecule is Cn1c(=O)c(=O)n(C)c2cc(S(=O)(=O)CCC(=O)N3CCCc4ccccc43)ccc21. The molecule has 3 aromatic rings. The van der Waals surface area contributed by atoms with Crippen molar-refractivity contribution in [1.29, 1.82) is 0 Å². The Hall–Kier alpha value is -3.20. The van der Waals surface area contributed by atoms with Crippen molar-refractivity contribution in [2.24, 2.45) is 14.1 Å². The molecule has 1 amide bonds. The number of fused-ring (bicyclic) bond motifs is 2. The third kappa shape index (κ3) is 3.69. The second-order valence-corrected chi connectivity index (χ2v) is 9.83. The number of sulfone groups is 1. The fourth-order valence-electron chi connectivity index (χ4n) is 4.02. The molecule has 0 aliphatic carbocycles. The van der Waals surface area contributed by atoms with Crippen LogP contribution in [0.1, 0.15) is 18.4 Å². The molecule has 0 radical (unpaired) electrons. The van der Waals surface area contributed by atoms with Crippen LogP contribution in [0.5, 0.6) is 0 Å². The van der Waals surface area contributed by atoms with Crippen molar-refractivity contribution >= 4 is 32.5 Å². The average Bonchev–Trinajstić information content (AvgIpc) is 2.79. The second kappa shape index (κ2) is 7.81. The highest BCUT2D eigenvalue weighted by molar-refractivity contribution is 7.91. The van der Waals surface area contributed by atoms with Gasteiger partial charge in [-0.15, -0.1) is 0 Å². The Morgan fingerprint density at radius 2 is 1.65 bits per heavy atom. The number of hydrogen-bond acceptors (Lipinski definition) is 5. The highest BCUT2D eigenvalue weighted by Gasteiger charge is 2.25. The van der Waals surface area contributed by atoms with Crippen molar-refractivity contribution in [3.63, 3.8) is 0 Å². The van der Waals surface area contributed by atoms with Gasteiger partial charge in [-0.2, -0.15) is 0 Å². The lowest BCUT2D eigenvalue weighted by atomic mass is 10.0. The van der Waals surface area contributed by atoms with Gasteiger partial charge < -0.3 is 14.0 Å². The monoisotopic (exact) mass is 441 g/mol. The Balaban J connectivity index is 1.60. The van der Waals surface area contributed by atoms with Crippen molar-refractivity contribution in [2.45, 2.75) is 24.2 Å². The number of carbonyl (C=O) groups is 1. The molecule has 0 unspecified atom stereocenters. The Kier molecular flexibility index (Phi) is 5.30. The minimum atomic E-state index is -3.77. The van der Waals surface area contributed by atoms with E-state index in [9.17, 15) is 22.8 Å². The van der Waals surface area contributed by atoms with Gasteiger partial charge in [0.15, 0.2) is 9.84 Å². The molecular weight excluding hydrogens is 418 g/mol. The number of para-hydroxylation sites is 1. The number of aromatic nitrogens is 2. The van der Waals surface area contributed by atoms with E-state index in [1.165, 1.54) is 36.9 Å². The first kappa shape index (κ1) is 21.0. The molecule has 1 aliphatic rings. The molecule has 2 heterocycles. The molecule has 8 nitrogen and oxygen atoms in total. The van der Waals surface area contributed by atoms with Gasteiger partial charge in [0.25, 0.3) is 0 Å². The van der Waals surface area contributed by atoms with Crippen LogP contribution in [-0.4, -0.2) is 35.8 Å². The maximum Gasteiger partial charge on any atom is 0.316 e. The lowest BCUT2D eigenvalue weighted by Crippen LogP contribution is -2.39. The first-order chi connectivity index (χ1) is 14.7. The summed E-state index contributed by atoms with van der Waals surface area (Å²) in [6.45, 7) is 0.571. The third-order valence-corrected chi connectivity index (χ3v) is 7.53. The second-order valence-electron chi connectivity index (χ2n) is 7.73. The van der Waals surface area contributed by atoms with Crippen molar-refractivity contribution < 1.29 is 13.2 Å². The lowest BCUT2D eigenvalue weighted by Gasteiger charge is -2.29. The topological polar surface area (TPSA) is 98.5 Å². The van der Waals surface area contributed by atoms with Gasteiger partial charge in [0.05, 0.1) is 21.7 Å². The smallest absolute Gasteiger partial charge is 0.312 e. The number of benzene rings is 2. The number of hydrogen-bond donors (Lipinski definition) is 0. The molecule has 31 heavy (non-hydrogen) atoms. The van der Waals surface area contributed by atoms with E-state index in [-0.39, 0.29) is 23.0 Å². The molecule has 0 atom stereocenters. The summed E-state index contributed by atoms with van der Waals surface area (Å²) in [7, 11) is -0.868. The van der Waals surface area contributed by atoms with Gasteiger partial charge in [-0.1, -0.05) is 18.2 Å². The number of anilines is 1. The van der Waals surface area contributed by atoms with E-state index in [0.717, 1.165) is 28.7 Å². The Morgan fingerprint density at radius 3 is 2.39 bits per heavy atom. The molecule has 2 aromatic carbocycles. The van der Waals surface area contributed by atoms with Crippen molar-refractivity contribution in [3.05, 3.63) is 68.7 Å². The Labute approximate surface area is 179 Å². The minimum Gasteiger partial charge on any atom is -0.312 e. The van der Waals surface area contributed by atoms with Gasteiger partial charge >= 0.3 is 11.1 Å². The van der Waals surface area contributed by atoms with Crippen molar-refractivity contribution in [2.75, 3.05) is 17.2 Å². The van der Waals surface area contributed by atoms with E-state index in [1.54, 1.807) is 4.90 Å². The fraction of sp³-hybridized carbons (Fsp3) is 0.318. The number of rotatable bonds is 4. The molecule has 0 spiro atoms.